The molecule has 0 aromatic rings. The Morgan fingerprint density at radius 3 is 2.61 bits per heavy atom. The average molecular weight is 248 g/mol. The van der Waals surface area contributed by atoms with Crippen molar-refractivity contribution in [3.05, 3.63) is 24.3 Å². The molecule has 5 atom stereocenters. The summed E-state index contributed by atoms with van der Waals surface area (Å²) in [6.45, 7) is 14.9. The van der Waals surface area contributed by atoms with E-state index in [-0.39, 0.29) is 17.3 Å². The van der Waals surface area contributed by atoms with Gasteiger partial charge in [0.05, 0.1) is 13.0 Å². The quantitative estimate of drug-likeness (QED) is 0.551. The first-order chi connectivity index (χ1) is 8.32. The van der Waals surface area contributed by atoms with E-state index in [1.807, 2.05) is 0 Å². The van der Waals surface area contributed by atoms with Crippen molar-refractivity contribution >= 4 is 5.97 Å². The number of hydrogen-bond acceptors (Lipinski definition) is 2. The molecule has 0 saturated heterocycles. The minimum Gasteiger partial charge on any atom is -0.469 e. The fourth-order valence-electron chi connectivity index (χ4n) is 4.10. The fraction of sp³-hybridized carbons (Fsp3) is 0.688. The molecule has 3 saturated carbocycles. The Labute approximate surface area is 110 Å². The third-order valence-corrected chi connectivity index (χ3v) is 5.57. The van der Waals surface area contributed by atoms with Crippen molar-refractivity contribution < 1.29 is 9.53 Å². The third-order valence-electron chi connectivity index (χ3n) is 5.57. The summed E-state index contributed by atoms with van der Waals surface area (Å²) in [5.41, 5.74) is 2.50. The van der Waals surface area contributed by atoms with Gasteiger partial charge in [0.15, 0.2) is 0 Å². The van der Waals surface area contributed by atoms with Crippen LogP contribution in [0.25, 0.3) is 0 Å². The molecule has 3 aliphatic rings. The molecule has 3 rings (SSSR count). The van der Waals surface area contributed by atoms with E-state index in [1.165, 1.54) is 18.3 Å². The van der Waals surface area contributed by atoms with Gasteiger partial charge in [-0.05, 0) is 42.9 Å². The minimum absolute atomic E-state index is 0.0172. The average Bonchev–Trinajstić information content (AvgIpc) is 2.33. The zero-order valence-electron chi connectivity index (χ0n) is 12.0. The predicted octanol–water partition coefficient (Wildman–Crippen LogP) is 3.59. The number of allylic oxidation sites excluding steroid dienone is 2. The van der Waals surface area contributed by atoms with Crippen LogP contribution in [0.15, 0.2) is 24.3 Å². The van der Waals surface area contributed by atoms with Crippen molar-refractivity contribution in [1.29, 1.82) is 0 Å². The van der Waals surface area contributed by atoms with Crippen LogP contribution >= 0.6 is 0 Å². The summed E-state index contributed by atoms with van der Waals surface area (Å²) < 4.78 is 5.00. The lowest BCUT2D eigenvalue weighted by atomic mass is 9.46. The molecular weight excluding hydrogens is 224 g/mol. The van der Waals surface area contributed by atoms with Crippen LogP contribution in [0.4, 0.5) is 0 Å². The molecule has 0 aliphatic heterocycles. The SMILES string of the molecule is C=C1C2C[C@H](C(=O)OC)[C@](C)(C[C@H]2C(=C)C)[C@@H]1C. The van der Waals surface area contributed by atoms with Gasteiger partial charge in [0.1, 0.15) is 0 Å². The number of hydrogen-bond donors (Lipinski definition) is 0. The van der Waals surface area contributed by atoms with Crippen LogP contribution in [0.3, 0.4) is 0 Å². The molecule has 0 aromatic carbocycles. The molecule has 0 aromatic heterocycles. The van der Waals surface area contributed by atoms with Crippen LogP contribution < -0.4 is 0 Å². The second kappa shape index (κ2) is 4.25. The summed E-state index contributed by atoms with van der Waals surface area (Å²) in [5.74, 6) is 1.24. The summed E-state index contributed by atoms with van der Waals surface area (Å²) in [6.07, 6.45) is 1.91. The molecule has 3 fully saturated rings. The Morgan fingerprint density at radius 2 is 2.11 bits per heavy atom. The summed E-state index contributed by atoms with van der Waals surface area (Å²) in [4.78, 5) is 12.0. The van der Waals surface area contributed by atoms with E-state index in [9.17, 15) is 4.79 Å². The number of carbonyl (C=O) groups excluding carboxylic acids is 1. The highest BCUT2D eigenvalue weighted by Gasteiger charge is 2.57. The van der Waals surface area contributed by atoms with E-state index in [0.29, 0.717) is 17.8 Å². The minimum atomic E-state index is -0.0537. The predicted molar refractivity (Wildman–Crippen MR) is 72.9 cm³/mol. The summed E-state index contributed by atoms with van der Waals surface area (Å²) in [7, 11) is 1.49. The first-order valence-electron chi connectivity index (χ1n) is 6.74. The van der Waals surface area contributed by atoms with Gasteiger partial charge in [0.25, 0.3) is 0 Å². The Morgan fingerprint density at radius 1 is 1.50 bits per heavy atom. The first kappa shape index (κ1) is 13.4. The zero-order chi connectivity index (χ0) is 13.7. The largest absolute Gasteiger partial charge is 0.469 e. The van der Waals surface area contributed by atoms with Gasteiger partial charge in [0, 0.05) is 0 Å². The monoisotopic (exact) mass is 248 g/mol. The Bertz CT molecular complexity index is 409. The number of rotatable bonds is 2. The summed E-state index contributed by atoms with van der Waals surface area (Å²) in [5, 5.41) is 0. The van der Waals surface area contributed by atoms with Crippen molar-refractivity contribution in [1.82, 2.24) is 0 Å². The Balaban J connectivity index is 2.39. The van der Waals surface area contributed by atoms with E-state index in [4.69, 9.17) is 4.74 Å². The lowest BCUT2D eigenvalue weighted by molar-refractivity contribution is -0.159. The maximum Gasteiger partial charge on any atom is 0.309 e. The highest BCUT2D eigenvalue weighted by Crippen LogP contribution is 2.62. The van der Waals surface area contributed by atoms with Crippen molar-refractivity contribution in [3.63, 3.8) is 0 Å². The molecular formula is C16H24O2. The van der Waals surface area contributed by atoms with Crippen LogP contribution in [-0.4, -0.2) is 13.1 Å². The van der Waals surface area contributed by atoms with Gasteiger partial charge in [-0.25, -0.2) is 0 Å². The topological polar surface area (TPSA) is 26.3 Å². The van der Waals surface area contributed by atoms with Crippen LogP contribution in [0.1, 0.15) is 33.6 Å². The van der Waals surface area contributed by atoms with E-state index in [1.54, 1.807) is 0 Å². The molecule has 0 amide bonds. The number of carbonyl (C=O) groups is 1. The van der Waals surface area contributed by atoms with E-state index >= 15 is 0 Å². The highest BCUT2D eigenvalue weighted by molar-refractivity contribution is 5.74. The van der Waals surface area contributed by atoms with Crippen molar-refractivity contribution in [3.8, 4) is 0 Å². The van der Waals surface area contributed by atoms with Crippen LogP contribution in [0, 0.1) is 29.1 Å². The van der Waals surface area contributed by atoms with E-state index < -0.39 is 0 Å². The summed E-state index contributed by atoms with van der Waals surface area (Å²) in [6, 6.07) is 0. The molecule has 0 heterocycles. The van der Waals surface area contributed by atoms with Crippen molar-refractivity contribution in [2.45, 2.75) is 33.6 Å². The Kier molecular flexibility index (Phi) is 3.16. The molecule has 0 N–H and O–H groups in total. The molecule has 2 heteroatoms. The maximum absolute atomic E-state index is 12.0. The zero-order valence-corrected chi connectivity index (χ0v) is 12.0. The lowest BCUT2D eigenvalue weighted by Gasteiger charge is -2.58. The van der Waals surface area contributed by atoms with Gasteiger partial charge in [-0.1, -0.05) is 38.2 Å². The number of methoxy groups -OCH3 is 1. The second-order valence-corrected chi connectivity index (χ2v) is 6.38. The maximum atomic E-state index is 12.0. The number of fused-ring (bicyclic) bond motifs is 3. The fourth-order valence-corrected chi connectivity index (χ4v) is 4.10. The molecule has 0 spiro atoms. The van der Waals surface area contributed by atoms with E-state index in [0.717, 1.165) is 12.8 Å². The molecule has 0 radical (unpaired) electrons. The molecule has 2 bridgehead atoms. The summed E-state index contributed by atoms with van der Waals surface area (Å²) >= 11 is 0. The van der Waals surface area contributed by atoms with E-state index in [2.05, 4.69) is 33.9 Å². The smallest absolute Gasteiger partial charge is 0.309 e. The highest BCUT2D eigenvalue weighted by atomic mass is 16.5. The molecule has 3 aliphatic carbocycles. The van der Waals surface area contributed by atoms with Crippen molar-refractivity contribution in [2.75, 3.05) is 7.11 Å². The number of ether oxygens (including phenoxy) is 1. The molecule has 18 heavy (non-hydrogen) atoms. The lowest BCUT2D eigenvalue weighted by Crippen LogP contribution is -2.53. The first-order valence-corrected chi connectivity index (χ1v) is 6.74. The van der Waals surface area contributed by atoms with Gasteiger partial charge < -0.3 is 4.74 Å². The van der Waals surface area contributed by atoms with Gasteiger partial charge >= 0.3 is 5.97 Å². The second-order valence-electron chi connectivity index (χ2n) is 6.38. The van der Waals surface area contributed by atoms with Gasteiger partial charge in [-0.3, -0.25) is 4.79 Å². The molecule has 2 nitrogen and oxygen atoms in total. The third kappa shape index (κ3) is 1.65. The standard InChI is InChI=1S/C16H24O2/c1-9(2)13-8-16(5)11(4)10(3)12(13)7-14(16)15(17)18-6/h11-14H,1,3,7-8H2,2,4-6H3/t11-,12?,13+,14-,16-/m1/s1. The van der Waals surface area contributed by atoms with Gasteiger partial charge in [-0.15, -0.1) is 0 Å². The molecule has 100 valence electrons. The van der Waals surface area contributed by atoms with Crippen LogP contribution in [-0.2, 0) is 9.53 Å². The Hall–Kier alpha value is -1.05. The van der Waals surface area contributed by atoms with Gasteiger partial charge in [0.2, 0.25) is 0 Å². The van der Waals surface area contributed by atoms with Crippen molar-refractivity contribution in [2.24, 2.45) is 29.1 Å². The normalized spacial score (nSPS) is 42.8. The molecule has 1 unspecified atom stereocenters. The van der Waals surface area contributed by atoms with Crippen LogP contribution in [0.5, 0.6) is 0 Å². The van der Waals surface area contributed by atoms with Crippen LogP contribution in [0.2, 0.25) is 0 Å². The van der Waals surface area contributed by atoms with Gasteiger partial charge in [-0.2, -0.15) is 0 Å². The number of esters is 1.